The highest BCUT2D eigenvalue weighted by Crippen LogP contribution is 2.47. The topological polar surface area (TPSA) is 74.3 Å². The monoisotopic (exact) mass is 297 g/mol. The van der Waals surface area contributed by atoms with Crippen LogP contribution < -0.4 is 0 Å². The summed E-state index contributed by atoms with van der Waals surface area (Å²) in [5, 5.41) is 1.17. The average molecular weight is 297 g/mol. The number of carbonyl (C=O) groups excluding carboxylic acids is 2. The van der Waals surface area contributed by atoms with Crippen molar-refractivity contribution in [1.29, 1.82) is 0 Å². The Morgan fingerprint density at radius 2 is 2.05 bits per heavy atom. The summed E-state index contributed by atoms with van der Waals surface area (Å²) in [6, 6.07) is -0.412. The molecule has 2 fully saturated rings. The standard InChI is InChI=1S/C14H19NO6/c1-5-18-12(17)14-7-6-9(15(21-14)8(2)16)10-11(14)20-13(3,4)19-10/h6-7,9-11H,5H2,1-4H3/t9?,10-,11-,14-/m0/s1. The third kappa shape index (κ3) is 1.99. The Hall–Kier alpha value is -1.44. The molecule has 0 aromatic carbocycles. The van der Waals surface area contributed by atoms with Gasteiger partial charge in [-0.3, -0.25) is 4.79 Å². The summed E-state index contributed by atoms with van der Waals surface area (Å²) in [4.78, 5) is 29.9. The molecule has 1 aliphatic carbocycles. The third-order valence-electron chi connectivity index (χ3n) is 3.85. The van der Waals surface area contributed by atoms with E-state index in [9.17, 15) is 9.59 Å². The van der Waals surface area contributed by atoms with Gasteiger partial charge >= 0.3 is 5.97 Å². The number of carbonyl (C=O) groups is 2. The number of nitrogens with zero attached hydrogens (tertiary/aromatic N) is 1. The van der Waals surface area contributed by atoms with Crippen molar-refractivity contribution < 1.29 is 28.6 Å². The SMILES string of the molecule is CCOC(=O)[C@]12C=CC([C@@H]3OC(C)(C)O[C@@H]31)N(C(C)=O)O2. The first-order chi connectivity index (χ1) is 9.81. The van der Waals surface area contributed by atoms with E-state index in [1.54, 1.807) is 32.9 Å². The Labute approximate surface area is 122 Å². The molecule has 7 heteroatoms. The largest absolute Gasteiger partial charge is 0.463 e. The lowest BCUT2D eigenvalue weighted by atomic mass is 9.81. The van der Waals surface area contributed by atoms with Crippen molar-refractivity contribution in [3.05, 3.63) is 12.2 Å². The number of esters is 1. The van der Waals surface area contributed by atoms with Gasteiger partial charge in [-0.25, -0.2) is 14.7 Å². The summed E-state index contributed by atoms with van der Waals surface area (Å²) < 4.78 is 16.8. The molecule has 0 spiro atoms. The zero-order valence-electron chi connectivity index (χ0n) is 12.5. The van der Waals surface area contributed by atoms with Crippen molar-refractivity contribution in [2.75, 3.05) is 6.61 Å². The predicted octanol–water partition coefficient (Wildman–Crippen LogP) is 0.540. The van der Waals surface area contributed by atoms with E-state index < -0.39 is 35.6 Å². The van der Waals surface area contributed by atoms with Crippen LogP contribution in [0.25, 0.3) is 0 Å². The van der Waals surface area contributed by atoms with E-state index in [4.69, 9.17) is 19.0 Å². The zero-order chi connectivity index (χ0) is 15.4. The van der Waals surface area contributed by atoms with Crippen LogP contribution in [0, 0.1) is 0 Å². The number of amides is 1. The number of hydrogen-bond acceptors (Lipinski definition) is 6. The zero-order valence-corrected chi connectivity index (χ0v) is 12.5. The Kier molecular flexibility index (Phi) is 3.12. The molecule has 0 radical (unpaired) electrons. The fraction of sp³-hybridized carbons (Fsp3) is 0.714. The summed E-state index contributed by atoms with van der Waals surface area (Å²) >= 11 is 0. The van der Waals surface area contributed by atoms with Crippen LogP contribution in [-0.4, -0.2) is 53.2 Å². The molecule has 0 aromatic heterocycles. The minimum atomic E-state index is -1.48. The molecule has 3 heterocycles. The Morgan fingerprint density at radius 1 is 1.33 bits per heavy atom. The van der Waals surface area contributed by atoms with E-state index in [2.05, 4.69) is 0 Å². The highest BCUT2D eigenvalue weighted by atomic mass is 16.8. The van der Waals surface area contributed by atoms with Gasteiger partial charge in [0.1, 0.15) is 18.2 Å². The lowest BCUT2D eigenvalue weighted by Crippen LogP contribution is -2.70. The molecule has 116 valence electrons. The molecule has 0 aromatic rings. The molecule has 4 atom stereocenters. The van der Waals surface area contributed by atoms with Gasteiger partial charge in [0, 0.05) is 6.92 Å². The van der Waals surface area contributed by atoms with Gasteiger partial charge in [-0.1, -0.05) is 6.08 Å². The van der Waals surface area contributed by atoms with Gasteiger partial charge in [0.2, 0.25) is 11.5 Å². The second kappa shape index (κ2) is 4.53. The van der Waals surface area contributed by atoms with Crippen molar-refractivity contribution >= 4 is 11.9 Å². The predicted molar refractivity (Wildman–Crippen MR) is 69.7 cm³/mol. The second-order valence-electron chi connectivity index (χ2n) is 5.82. The molecule has 7 nitrogen and oxygen atoms in total. The first-order valence-corrected chi connectivity index (χ1v) is 7.02. The summed E-state index contributed by atoms with van der Waals surface area (Å²) in [5.74, 6) is -1.74. The molecule has 0 saturated carbocycles. The molecular weight excluding hydrogens is 278 g/mol. The second-order valence-corrected chi connectivity index (χ2v) is 5.82. The fourth-order valence-electron chi connectivity index (χ4n) is 3.07. The molecule has 4 rings (SSSR count). The summed E-state index contributed by atoms with van der Waals surface area (Å²) in [7, 11) is 0. The van der Waals surface area contributed by atoms with Crippen LogP contribution in [0.2, 0.25) is 0 Å². The molecule has 0 N–H and O–H groups in total. The molecule has 21 heavy (non-hydrogen) atoms. The molecular formula is C14H19NO6. The number of fused-ring (bicyclic) bond motifs is 1. The van der Waals surface area contributed by atoms with E-state index in [1.807, 2.05) is 0 Å². The van der Waals surface area contributed by atoms with Crippen molar-refractivity contribution in [2.24, 2.45) is 0 Å². The maximum atomic E-state index is 12.4. The summed E-state index contributed by atoms with van der Waals surface area (Å²) in [6.07, 6.45) is 2.25. The lowest BCUT2D eigenvalue weighted by Gasteiger charge is -2.50. The molecule has 2 bridgehead atoms. The van der Waals surface area contributed by atoms with E-state index in [-0.39, 0.29) is 12.5 Å². The molecule has 3 aliphatic heterocycles. The first kappa shape index (κ1) is 14.5. The van der Waals surface area contributed by atoms with E-state index in [0.29, 0.717) is 0 Å². The molecule has 1 amide bonds. The van der Waals surface area contributed by atoms with Crippen LogP contribution in [0.15, 0.2) is 12.2 Å². The maximum Gasteiger partial charge on any atom is 0.348 e. The Bertz CT molecular complexity index is 516. The quantitative estimate of drug-likeness (QED) is 0.547. The van der Waals surface area contributed by atoms with E-state index in [0.717, 1.165) is 0 Å². The Morgan fingerprint density at radius 3 is 2.67 bits per heavy atom. The Balaban J connectivity index is 2.03. The first-order valence-electron chi connectivity index (χ1n) is 7.02. The minimum Gasteiger partial charge on any atom is -0.463 e. The van der Waals surface area contributed by atoms with Gasteiger partial charge in [0.15, 0.2) is 5.79 Å². The summed E-state index contributed by atoms with van der Waals surface area (Å²) in [5.41, 5.74) is -1.48. The smallest absolute Gasteiger partial charge is 0.348 e. The van der Waals surface area contributed by atoms with Crippen LogP contribution in [0.3, 0.4) is 0 Å². The van der Waals surface area contributed by atoms with Crippen molar-refractivity contribution in [2.45, 2.75) is 57.3 Å². The van der Waals surface area contributed by atoms with Gasteiger partial charge < -0.3 is 14.2 Å². The van der Waals surface area contributed by atoms with Crippen LogP contribution in [0.4, 0.5) is 0 Å². The van der Waals surface area contributed by atoms with Crippen LogP contribution in [-0.2, 0) is 28.6 Å². The number of ether oxygens (including phenoxy) is 3. The van der Waals surface area contributed by atoms with E-state index >= 15 is 0 Å². The summed E-state index contributed by atoms with van der Waals surface area (Å²) in [6.45, 7) is 6.83. The molecule has 2 saturated heterocycles. The normalized spacial score (nSPS) is 39.2. The number of hydrogen-bond donors (Lipinski definition) is 0. The van der Waals surface area contributed by atoms with E-state index in [1.165, 1.54) is 12.0 Å². The molecule has 1 unspecified atom stereocenters. The third-order valence-corrected chi connectivity index (χ3v) is 3.85. The van der Waals surface area contributed by atoms with Crippen molar-refractivity contribution in [3.63, 3.8) is 0 Å². The maximum absolute atomic E-state index is 12.4. The van der Waals surface area contributed by atoms with Crippen LogP contribution in [0.5, 0.6) is 0 Å². The van der Waals surface area contributed by atoms with Gasteiger partial charge in [0.25, 0.3) is 0 Å². The average Bonchev–Trinajstić information content (AvgIpc) is 2.76. The van der Waals surface area contributed by atoms with Gasteiger partial charge in [0.05, 0.1) is 6.61 Å². The van der Waals surface area contributed by atoms with Gasteiger partial charge in [-0.15, -0.1) is 0 Å². The van der Waals surface area contributed by atoms with Crippen LogP contribution >= 0.6 is 0 Å². The van der Waals surface area contributed by atoms with Gasteiger partial charge in [-0.05, 0) is 26.8 Å². The van der Waals surface area contributed by atoms with Crippen molar-refractivity contribution in [3.8, 4) is 0 Å². The highest BCUT2D eigenvalue weighted by molar-refractivity contribution is 5.85. The van der Waals surface area contributed by atoms with Crippen LogP contribution in [0.1, 0.15) is 27.7 Å². The highest BCUT2D eigenvalue weighted by Gasteiger charge is 2.67. The molecule has 4 aliphatic rings. The fourth-order valence-corrected chi connectivity index (χ4v) is 3.07. The lowest BCUT2D eigenvalue weighted by molar-refractivity contribution is -0.299. The number of hydroxylamine groups is 2. The number of rotatable bonds is 2. The van der Waals surface area contributed by atoms with Gasteiger partial charge in [-0.2, -0.15) is 0 Å². The minimum absolute atomic E-state index is 0.211. The van der Waals surface area contributed by atoms with Crippen molar-refractivity contribution in [1.82, 2.24) is 5.06 Å².